The molecule has 86 valence electrons. The second-order valence-corrected chi connectivity index (χ2v) is 4.43. The van der Waals surface area contributed by atoms with E-state index in [1.165, 1.54) is 0 Å². The van der Waals surface area contributed by atoms with Gasteiger partial charge in [0.2, 0.25) is 0 Å². The lowest BCUT2D eigenvalue weighted by atomic mass is 9.96. The first-order chi connectivity index (χ1) is 7.77. The fraction of sp³-hybridized carbons (Fsp3) is 0.667. The van der Waals surface area contributed by atoms with E-state index < -0.39 is 6.10 Å². The van der Waals surface area contributed by atoms with Gasteiger partial charge < -0.3 is 9.67 Å². The summed E-state index contributed by atoms with van der Waals surface area (Å²) >= 11 is 0. The van der Waals surface area contributed by atoms with Gasteiger partial charge in [-0.25, -0.2) is 4.98 Å². The number of hydrogen-bond acceptors (Lipinski definition) is 3. The Bertz CT molecular complexity index is 389. The van der Waals surface area contributed by atoms with E-state index in [0.717, 1.165) is 31.4 Å². The summed E-state index contributed by atoms with van der Waals surface area (Å²) in [4.78, 5) is 4.07. The maximum atomic E-state index is 10.2. The average molecular weight is 219 g/mol. The van der Waals surface area contributed by atoms with Crippen LogP contribution in [-0.2, 0) is 0 Å². The fourth-order valence-corrected chi connectivity index (χ4v) is 2.01. The van der Waals surface area contributed by atoms with E-state index >= 15 is 0 Å². The van der Waals surface area contributed by atoms with Gasteiger partial charge >= 0.3 is 0 Å². The van der Waals surface area contributed by atoms with Crippen LogP contribution >= 0.6 is 0 Å². The van der Waals surface area contributed by atoms with Gasteiger partial charge in [-0.1, -0.05) is 13.3 Å². The number of nitriles is 1. The SMILES string of the molecule is CCCC(C#N)C(O)c1cncn1C1CC1. The van der Waals surface area contributed by atoms with Crippen LogP contribution in [0.3, 0.4) is 0 Å². The topological polar surface area (TPSA) is 61.8 Å². The highest BCUT2D eigenvalue weighted by Gasteiger charge is 2.30. The Morgan fingerprint density at radius 1 is 1.69 bits per heavy atom. The molecular formula is C12H17N3O. The molecule has 0 aromatic carbocycles. The van der Waals surface area contributed by atoms with Crippen molar-refractivity contribution in [3.8, 4) is 6.07 Å². The molecule has 16 heavy (non-hydrogen) atoms. The van der Waals surface area contributed by atoms with Crippen molar-refractivity contribution >= 4 is 0 Å². The molecule has 4 heteroatoms. The van der Waals surface area contributed by atoms with Crippen LogP contribution in [0.25, 0.3) is 0 Å². The van der Waals surface area contributed by atoms with Crippen LogP contribution in [0.5, 0.6) is 0 Å². The van der Waals surface area contributed by atoms with Gasteiger partial charge in [0.05, 0.1) is 30.2 Å². The predicted molar refractivity (Wildman–Crippen MR) is 59.5 cm³/mol. The summed E-state index contributed by atoms with van der Waals surface area (Å²) < 4.78 is 2.02. The third kappa shape index (κ3) is 2.10. The second-order valence-electron chi connectivity index (χ2n) is 4.43. The quantitative estimate of drug-likeness (QED) is 0.825. The Kier molecular flexibility index (Phi) is 3.25. The molecule has 0 saturated heterocycles. The highest BCUT2D eigenvalue weighted by molar-refractivity contribution is 5.10. The van der Waals surface area contributed by atoms with Crippen LogP contribution in [-0.4, -0.2) is 14.7 Å². The van der Waals surface area contributed by atoms with Gasteiger partial charge in [0.25, 0.3) is 0 Å². The van der Waals surface area contributed by atoms with Crippen LogP contribution < -0.4 is 0 Å². The van der Waals surface area contributed by atoms with Crippen LogP contribution in [0.2, 0.25) is 0 Å². The van der Waals surface area contributed by atoms with Gasteiger partial charge in [-0.3, -0.25) is 0 Å². The molecule has 1 aliphatic rings. The lowest BCUT2D eigenvalue weighted by molar-refractivity contribution is 0.121. The van der Waals surface area contributed by atoms with E-state index in [4.69, 9.17) is 5.26 Å². The maximum absolute atomic E-state index is 10.2. The molecule has 1 aromatic rings. The van der Waals surface area contributed by atoms with Crippen LogP contribution in [0.1, 0.15) is 50.4 Å². The molecule has 2 unspecified atom stereocenters. The van der Waals surface area contributed by atoms with Crippen molar-refractivity contribution in [2.75, 3.05) is 0 Å². The van der Waals surface area contributed by atoms with Gasteiger partial charge in [-0.05, 0) is 19.3 Å². The molecule has 0 spiro atoms. The second kappa shape index (κ2) is 4.67. The van der Waals surface area contributed by atoms with E-state index in [-0.39, 0.29) is 5.92 Å². The van der Waals surface area contributed by atoms with Crippen molar-refractivity contribution in [1.82, 2.24) is 9.55 Å². The molecule has 0 radical (unpaired) electrons. The average Bonchev–Trinajstić information content (AvgIpc) is 3.03. The van der Waals surface area contributed by atoms with E-state index in [2.05, 4.69) is 11.1 Å². The van der Waals surface area contributed by atoms with Gasteiger partial charge in [0, 0.05) is 6.04 Å². The minimum Gasteiger partial charge on any atom is -0.385 e. The van der Waals surface area contributed by atoms with Gasteiger partial charge in [0.1, 0.15) is 6.10 Å². The van der Waals surface area contributed by atoms with E-state index in [0.29, 0.717) is 6.04 Å². The molecule has 0 aliphatic heterocycles. The maximum Gasteiger partial charge on any atom is 0.111 e. The van der Waals surface area contributed by atoms with E-state index in [1.54, 1.807) is 12.5 Å². The Morgan fingerprint density at radius 3 is 3.00 bits per heavy atom. The normalized spacial score (nSPS) is 19.1. The minimum absolute atomic E-state index is 0.320. The first kappa shape index (κ1) is 11.2. The zero-order valence-corrected chi connectivity index (χ0v) is 9.50. The molecular weight excluding hydrogens is 202 g/mol. The molecule has 1 aromatic heterocycles. The molecule has 1 aliphatic carbocycles. The zero-order chi connectivity index (χ0) is 11.5. The van der Waals surface area contributed by atoms with Gasteiger partial charge in [-0.15, -0.1) is 0 Å². The monoisotopic (exact) mass is 219 g/mol. The molecule has 1 heterocycles. The lowest BCUT2D eigenvalue weighted by Gasteiger charge is -2.17. The van der Waals surface area contributed by atoms with Gasteiger partial charge in [0.15, 0.2) is 0 Å². The summed E-state index contributed by atoms with van der Waals surface area (Å²) in [5, 5.41) is 19.2. The van der Waals surface area contributed by atoms with Crippen LogP contribution in [0.15, 0.2) is 12.5 Å². The summed E-state index contributed by atoms with van der Waals surface area (Å²) in [7, 11) is 0. The Hall–Kier alpha value is -1.34. The zero-order valence-electron chi connectivity index (χ0n) is 9.50. The van der Waals surface area contributed by atoms with Crippen molar-refractivity contribution in [2.24, 2.45) is 5.92 Å². The number of aromatic nitrogens is 2. The van der Waals surface area contributed by atoms with Gasteiger partial charge in [-0.2, -0.15) is 5.26 Å². The number of imidazole rings is 1. The smallest absolute Gasteiger partial charge is 0.111 e. The minimum atomic E-state index is -0.701. The van der Waals surface area contributed by atoms with Crippen molar-refractivity contribution < 1.29 is 5.11 Å². The summed E-state index contributed by atoms with van der Waals surface area (Å²) in [6.45, 7) is 2.02. The number of aliphatic hydroxyl groups is 1. The largest absolute Gasteiger partial charge is 0.385 e. The third-order valence-electron chi connectivity index (χ3n) is 3.09. The van der Waals surface area contributed by atoms with E-state index in [1.807, 2.05) is 11.5 Å². The fourth-order valence-electron chi connectivity index (χ4n) is 2.01. The number of rotatable bonds is 5. The molecule has 0 bridgehead atoms. The summed E-state index contributed by atoms with van der Waals surface area (Å²) in [6, 6.07) is 2.68. The molecule has 0 amide bonds. The number of aliphatic hydroxyl groups excluding tert-OH is 1. The van der Waals surface area contributed by atoms with Crippen LogP contribution in [0.4, 0.5) is 0 Å². The Labute approximate surface area is 95.5 Å². The van der Waals surface area contributed by atoms with Crippen molar-refractivity contribution in [3.63, 3.8) is 0 Å². The standard InChI is InChI=1S/C12H17N3O/c1-2-3-9(6-13)12(16)11-7-14-8-15(11)10-4-5-10/h7-10,12,16H,2-5H2,1H3. The molecule has 2 rings (SSSR count). The van der Waals surface area contributed by atoms with E-state index in [9.17, 15) is 5.11 Å². The molecule has 1 N–H and O–H groups in total. The Balaban J connectivity index is 2.15. The number of hydrogen-bond donors (Lipinski definition) is 1. The molecule has 4 nitrogen and oxygen atoms in total. The summed E-state index contributed by atoms with van der Waals surface area (Å²) in [5.74, 6) is -0.320. The van der Waals surface area contributed by atoms with Crippen molar-refractivity contribution in [3.05, 3.63) is 18.2 Å². The number of nitrogens with zero attached hydrogens (tertiary/aromatic N) is 3. The first-order valence-electron chi connectivity index (χ1n) is 5.87. The van der Waals surface area contributed by atoms with Crippen LogP contribution in [0, 0.1) is 17.2 Å². The molecule has 1 fully saturated rings. The highest BCUT2D eigenvalue weighted by atomic mass is 16.3. The lowest BCUT2D eigenvalue weighted by Crippen LogP contribution is -2.14. The summed E-state index contributed by atoms with van der Waals surface area (Å²) in [6.07, 6.45) is 6.69. The van der Waals surface area contributed by atoms with Crippen molar-refractivity contribution in [1.29, 1.82) is 5.26 Å². The Morgan fingerprint density at radius 2 is 2.44 bits per heavy atom. The highest BCUT2D eigenvalue weighted by Crippen LogP contribution is 2.38. The molecule has 1 saturated carbocycles. The predicted octanol–water partition coefficient (Wildman–Crippen LogP) is 2.19. The van der Waals surface area contributed by atoms with Crippen molar-refractivity contribution in [2.45, 2.75) is 44.8 Å². The summed E-state index contributed by atoms with van der Waals surface area (Å²) in [5.41, 5.74) is 0.794. The first-order valence-corrected chi connectivity index (χ1v) is 5.87. The third-order valence-corrected chi connectivity index (χ3v) is 3.09. The molecule has 2 atom stereocenters.